The number of fused-ring (bicyclic) bond motifs is 1. The lowest BCUT2D eigenvalue weighted by Gasteiger charge is -2.25. The van der Waals surface area contributed by atoms with E-state index in [9.17, 15) is 4.79 Å². The molecule has 7 nitrogen and oxygen atoms in total. The first-order chi connectivity index (χ1) is 11.0. The van der Waals surface area contributed by atoms with E-state index in [0.29, 0.717) is 11.5 Å². The van der Waals surface area contributed by atoms with Crippen LogP contribution in [0.4, 0.5) is 0 Å². The van der Waals surface area contributed by atoms with E-state index in [1.807, 2.05) is 19.9 Å². The second-order valence-electron chi connectivity index (χ2n) is 5.87. The number of nitrogens with one attached hydrogen (secondary N) is 2. The number of rotatable bonds is 5. The maximum atomic E-state index is 11.1. The van der Waals surface area contributed by atoms with Crippen LogP contribution in [0.25, 0.3) is 11.0 Å². The molecule has 0 spiro atoms. The number of nitrogens with two attached hydrogens (primary N) is 1. The van der Waals surface area contributed by atoms with Crippen molar-refractivity contribution in [1.82, 2.24) is 15.3 Å². The van der Waals surface area contributed by atoms with Crippen molar-refractivity contribution >= 4 is 16.9 Å². The number of H-pyrrole nitrogens is 1. The molecule has 0 saturated carbocycles. The van der Waals surface area contributed by atoms with Gasteiger partial charge in [0.05, 0.1) is 11.0 Å². The Hall–Kier alpha value is -2.28. The lowest BCUT2D eigenvalue weighted by molar-refractivity contribution is -0.119. The maximum absolute atomic E-state index is 11.1. The zero-order valence-electron chi connectivity index (χ0n) is 13.4. The molecule has 1 aromatic carbocycles. The van der Waals surface area contributed by atoms with Crippen LogP contribution >= 0.6 is 0 Å². The Balaban J connectivity index is 1.97. The van der Waals surface area contributed by atoms with Gasteiger partial charge in [-0.05, 0) is 39.8 Å². The van der Waals surface area contributed by atoms with Crippen molar-refractivity contribution in [2.24, 2.45) is 5.73 Å². The fourth-order valence-corrected chi connectivity index (χ4v) is 2.89. The van der Waals surface area contributed by atoms with Crippen molar-refractivity contribution in [3.05, 3.63) is 17.5 Å². The number of hydrogen-bond acceptors (Lipinski definition) is 5. The number of aromatic nitrogens is 2. The van der Waals surface area contributed by atoms with Gasteiger partial charge in [-0.15, -0.1) is 0 Å². The highest BCUT2D eigenvalue weighted by atomic mass is 16.5. The normalized spacial score (nSPS) is 15.7. The van der Waals surface area contributed by atoms with Crippen LogP contribution in [0.15, 0.2) is 6.07 Å². The van der Waals surface area contributed by atoms with Gasteiger partial charge in [0.25, 0.3) is 5.91 Å². The average Bonchev–Trinajstić information content (AvgIpc) is 2.88. The highest BCUT2D eigenvalue weighted by molar-refractivity contribution is 5.84. The summed E-state index contributed by atoms with van der Waals surface area (Å²) in [5, 5.41) is 3.31. The van der Waals surface area contributed by atoms with Crippen molar-refractivity contribution in [2.75, 3.05) is 19.7 Å². The molecule has 2 aromatic rings. The molecule has 1 saturated heterocycles. The molecule has 1 aliphatic heterocycles. The van der Waals surface area contributed by atoms with Gasteiger partial charge in [0.2, 0.25) is 0 Å². The monoisotopic (exact) mass is 318 g/mol. The van der Waals surface area contributed by atoms with E-state index in [1.165, 1.54) is 0 Å². The number of nitrogens with zero attached hydrogens (tertiary/aromatic N) is 1. The van der Waals surface area contributed by atoms with Crippen LogP contribution < -0.4 is 20.5 Å². The van der Waals surface area contributed by atoms with Gasteiger partial charge in [-0.25, -0.2) is 4.98 Å². The smallest absolute Gasteiger partial charge is 0.255 e. The molecular weight excluding hydrogens is 296 g/mol. The molecule has 1 aromatic heterocycles. The first-order valence-electron chi connectivity index (χ1n) is 7.83. The van der Waals surface area contributed by atoms with Crippen molar-refractivity contribution in [2.45, 2.75) is 32.8 Å². The van der Waals surface area contributed by atoms with Gasteiger partial charge in [-0.1, -0.05) is 0 Å². The Morgan fingerprint density at radius 2 is 2.13 bits per heavy atom. The van der Waals surface area contributed by atoms with Gasteiger partial charge in [0.15, 0.2) is 18.1 Å². The molecule has 0 unspecified atom stereocenters. The number of imidazole rings is 1. The summed E-state index contributed by atoms with van der Waals surface area (Å²) in [5.41, 5.74) is 7.77. The molecule has 0 bridgehead atoms. The fraction of sp³-hybridized carbons (Fsp3) is 0.500. The van der Waals surface area contributed by atoms with E-state index >= 15 is 0 Å². The van der Waals surface area contributed by atoms with Gasteiger partial charge in [0.1, 0.15) is 11.9 Å². The number of hydrogen-bond donors (Lipinski definition) is 3. The molecule has 0 atom stereocenters. The van der Waals surface area contributed by atoms with Crippen LogP contribution in [-0.2, 0) is 4.79 Å². The molecule has 1 amide bonds. The van der Waals surface area contributed by atoms with Crippen LogP contribution in [0.5, 0.6) is 11.5 Å². The minimum atomic E-state index is -0.518. The molecular formula is C16H22N4O3. The average molecular weight is 318 g/mol. The molecule has 1 aliphatic rings. The Morgan fingerprint density at radius 3 is 2.83 bits per heavy atom. The van der Waals surface area contributed by atoms with Crippen molar-refractivity contribution < 1.29 is 14.3 Å². The zero-order chi connectivity index (χ0) is 16.4. The Labute approximate surface area is 134 Å². The highest BCUT2D eigenvalue weighted by Crippen LogP contribution is 2.37. The molecule has 3 rings (SSSR count). The minimum absolute atomic E-state index is 0.132. The number of aryl methyl sites for hydroxylation is 2. The molecule has 0 aliphatic carbocycles. The van der Waals surface area contributed by atoms with Gasteiger partial charge >= 0.3 is 0 Å². The first-order valence-corrected chi connectivity index (χ1v) is 7.83. The molecule has 0 radical (unpaired) electrons. The summed E-state index contributed by atoms with van der Waals surface area (Å²) in [5.74, 6) is 1.48. The fourth-order valence-electron chi connectivity index (χ4n) is 2.89. The largest absolute Gasteiger partial charge is 0.486 e. The van der Waals surface area contributed by atoms with Gasteiger partial charge in [-0.3, -0.25) is 4.79 Å². The van der Waals surface area contributed by atoms with E-state index in [4.69, 9.17) is 15.2 Å². The van der Waals surface area contributed by atoms with Crippen LogP contribution in [0, 0.1) is 13.8 Å². The van der Waals surface area contributed by atoms with E-state index in [1.54, 1.807) is 0 Å². The van der Waals surface area contributed by atoms with Crippen LogP contribution in [0.2, 0.25) is 0 Å². The molecule has 7 heteroatoms. The number of aromatic amines is 1. The summed E-state index contributed by atoms with van der Waals surface area (Å²) in [6.07, 6.45) is 2.01. The topological polar surface area (TPSA) is 102 Å². The summed E-state index contributed by atoms with van der Waals surface area (Å²) in [4.78, 5) is 18.8. The van der Waals surface area contributed by atoms with Gasteiger partial charge in [0, 0.05) is 11.6 Å². The zero-order valence-corrected chi connectivity index (χ0v) is 13.4. The maximum Gasteiger partial charge on any atom is 0.255 e. The summed E-state index contributed by atoms with van der Waals surface area (Å²) in [6.45, 7) is 5.50. The third-order valence-corrected chi connectivity index (χ3v) is 3.98. The van der Waals surface area contributed by atoms with E-state index in [0.717, 1.165) is 48.4 Å². The van der Waals surface area contributed by atoms with Crippen LogP contribution in [-0.4, -0.2) is 41.7 Å². The molecule has 23 heavy (non-hydrogen) atoms. The molecule has 124 valence electrons. The van der Waals surface area contributed by atoms with Crippen LogP contribution in [0.3, 0.4) is 0 Å². The molecule has 2 heterocycles. The summed E-state index contributed by atoms with van der Waals surface area (Å²) in [7, 11) is 0. The number of ether oxygens (including phenoxy) is 2. The van der Waals surface area contributed by atoms with Crippen molar-refractivity contribution in [3.63, 3.8) is 0 Å². The number of amides is 1. The number of primary amides is 1. The van der Waals surface area contributed by atoms with Crippen molar-refractivity contribution in [3.8, 4) is 11.5 Å². The number of piperidine rings is 1. The van der Waals surface area contributed by atoms with Gasteiger partial charge < -0.3 is 25.5 Å². The van der Waals surface area contributed by atoms with E-state index < -0.39 is 5.91 Å². The van der Waals surface area contributed by atoms with E-state index in [2.05, 4.69) is 15.3 Å². The Bertz CT molecular complexity index is 720. The standard InChI is InChI=1S/C16H22N4O3/c1-9-15-12(19-10(2)20-15)7-13(16(9)22-8-14(17)21)23-11-3-5-18-6-4-11/h7,11,18H,3-6,8H2,1-2H3,(H2,17,21)(H,19,20). The van der Waals surface area contributed by atoms with Crippen LogP contribution in [0.1, 0.15) is 24.2 Å². The second kappa shape index (κ2) is 6.45. The number of carbonyl (C=O) groups is 1. The molecule has 1 fully saturated rings. The third kappa shape index (κ3) is 3.39. The highest BCUT2D eigenvalue weighted by Gasteiger charge is 2.21. The Kier molecular flexibility index (Phi) is 4.38. The third-order valence-electron chi connectivity index (χ3n) is 3.98. The Morgan fingerprint density at radius 1 is 1.39 bits per heavy atom. The lowest BCUT2D eigenvalue weighted by atomic mass is 10.1. The summed E-state index contributed by atoms with van der Waals surface area (Å²) in [6, 6.07) is 1.89. The first kappa shape index (κ1) is 15.6. The van der Waals surface area contributed by atoms with E-state index in [-0.39, 0.29) is 12.7 Å². The SMILES string of the molecule is Cc1nc2c(C)c(OCC(N)=O)c(OC3CCNCC3)cc2[nH]1. The number of benzene rings is 1. The predicted molar refractivity (Wildman–Crippen MR) is 86.8 cm³/mol. The summed E-state index contributed by atoms with van der Waals surface area (Å²) < 4.78 is 11.8. The van der Waals surface area contributed by atoms with Gasteiger partial charge in [-0.2, -0.15) is 0 Å². The quantitative estimate of drug-likeness (QED) is 0.768. The molecule has 4 N–H and O–H groups in total. The minimum Gasteiger partial charge on any atom is -0.486 e. The summed E-state index contributed by atoms with van der Waals surface area (Å²) >= 11 is 0. The lowest BCUT2D eigenvalue weighted by Crippen LogP contribution is -2.34. The predicted octanol–water partition coefficient (Wildman–Crippen LogP) is 1.17. The second-order valence-corrected chi connectivity index (χ2v) is 5.87. The van der Waals surface area contributed by atoms with Crippen molar-refractivity contribution in [1.29, 1.82) is 0 Å². The number of carbonyl (C=O) groups excluding carboxylic acids is 1.